The Labute approximate surface area is 81.5 Å². The van der Waals surface area contributed by atoms with Gasteiger partial charge in [0.1, 0.15) is 0 Å². The van der Waals surface area contributed by atoms with Crippen LogP contribution in [-0.2, 0) is 9.53 Å². The predicted octanol–water partition coefficient (Wildman–Crippen LogP) is 1.14. The highest BCUT2D eigenvalue weighted by molar-refractivity contribution is 5.86. The summed E-state index contributed by atoms with van der Waals surface area (Å²) in [7, 11) is 1.30. The molecule has 1 heterocycles. The summed E-state index contributed by atoms with van der Waals surface area (Å²) in [5.74, 6) is -0.450. The van der Waals surface area contributed by atoms with Crippen LogP contribution in [0.5, 0.6) is 0 Å². The third-order valence-corrected chi connectivity index (χ3v) is 1.50. The molecule has 4 heteroatoms. The second-order valence-electron chi connectivity index (χ2n) is 2.44. The molecule has 14 heavy (non-hydrogen) atoms. The van der Waals surface area contributed by atoms with Crippen LogP contribution in [0.4, 0.5) is 0 Å². The van der Waals surface area contributed by atoms with Crippen LogP contribution in [0.1, 0.15) is 11.3 Å². The normalized spacial score (nSPS) is 9.71. The Balaban J connectivity index is 2.83. The summed E-state index contributed by atoms with van der Waals surface area (Å²) in [4.78, 5) is 14.7. The van der Waals surface area contributed by atoms with E-state index < -0.39 is 5.97 Å². The quantitative estimate of drug-likeness (QED) is 0.515. The summed E-state index contributed by atoms with van der Waals surface area (Å²) >= 11 is 0. The lowest BCUT2D eigenvalue weighted by Gasteiger charge is -1.92. The van der Waals surface area contributed by atoms with Gasteiger partial charge in [0.2, 0.25) is 0 Å². The van der Waals surface area contributed by atoms with Crippen LogP contribution in [0.15, 0.2) is 24.4 Å². The van der Waals surface area contributed by atoms with Gasteiger partial charge in [0.05, 0.1) is 24.4 Å². The van der Waals surface area contributed by atoms with Crippen molar-refractivity contribution in [3.05, 3.63) is 35.7 Å². The van der Waals surface area contributed by atoms with Gasteiger partial charge in [-0.15, -0.1) is 0 Å². The Kier molecular flexibility index (Phi) is 3.39. The molecule has 70 valence electrons. The maximum Gasteiger partial charge on any atom is 0.330 e. The molecule has 1 aromatic heterocycles. The van der Waals surface area contributed by atoms with E-state index in [1.807, 2.05) is 6.07 Å². The third kappa shape index (κ3) is 2.72. The van der Waals surface area contributed by atoms with Crippen molar-refractivity contribution < 1.29 is 9.53 Å². The van der Waals surface area contributed by atoms with Crippen molar-refractivity contribution >= 4 is 12.0 Å². The number of esters is 1. The fraction of sp³-hybridized carbons (Fsp3) is 0.100. The van der Waals surface area contributed by atoms with E-state index >= 15 is 0 Å². The minimum absolute atomic E-state index is 0.450. The molecule has 0 atom stereocenters. The number of methoxy groups -OCH3 is 1. The van der Waals surface area contributed by atoms with Crippen molar-refractivity contribution in [1.82, 2.24) is 4.98 Å². The maximum atomic E-state index is 10.7. The molecule has 0 saturated heterocycles. The van der Waals surface area contributed by atoms with Crippen molar-refractivity contribution in [2.75, 3.05) is 7.11 Å². The molecule has 4 nitrogen and oxygen atoms in total. The zero-order valence-electron chi connectivity index (χ0n) is 7.60. The molecule has 0 N–H and O–H groups in total. The summed E-state index contributed by atoms with van der Waals surface area (Å²) < 4.78 is 4.41. The monoisotopic (exact) mass is 188 g/mol. The third-order valence-electron chi connectivity index (χ3n) is 1.50. The van der Waals surface area contributed by atoms with Gasteiger partial charge in [-0.25, -0.2) is 4.79 Å². The number of nitriles is 1. The van der Waals surface area contributed by atoms with Gasteiger partial charge in [-0.3, -0.25) is 4.98 Å². The predicted molar refractivity (Wildman–Crippen MR) is 50.0 cm³/mol. The Hall–Kier alpha value is -2.15. The summed E-state index contributed by atoms with van der Waals surface area (Å²) in [5.41, 5.74) is 1.05. The fourth-order valence-corrected chi connectivity index (χ4v) is 0.830. The van der Waals surface area contributed by atoms with Crippen LogP contribution in [0.25, 0.3) is 6.08 Å². The van der Waals surface area contributed by atoms with E-state index in [9.17, 15) is 4.79 Å². The van der Waals surface area contributed by atoms with Crippen LogP contribution < -0.4 is 0 Å². The van der Waals surface area contributed by atoms with Crippen molar-refractivity contribution in [3.63, 3.8) is 0 Å². The van der Waals surface area contributed by atoms with Gasteiger partial charge in [-0.05, 0) is 18.2 Å². The molecule has 0 radical (unpaired) electrons. The number of hydrogen-bond donors (Lipinski definition) is 0. The second kappa shape index (κ2) is 4.77. The van der Waals surface area contributed by atoms with Crippen molar-refractivity contribution in [1.29, 1.82) is 5.26 Å². The molecule has 0 fully saturated rings. The van der Waals surface area contributed by atoms with Gasteiger partial charge in [0, 0.05) is 12.3 Å². The molecule has 0 bridgehead atoms. The highest BCUT2D eigenvalue weighted by Gasteiger charge is 1.94. The zero-order valence-corrected chi connectivity index (χ0v) is 7.60. The van der Waals surface area contributed by atoms with Gasteiger partial charge in [-0.1, -0.05) is 0 Å². The number of carbonyl (C=O) groups excluding carboxylic acids is 1. The minimum Gasteiger partial charge on any atom is -0.466 e. The van der Waals surface area contributed by atoms with Gasteiger partial charge in [0.25, 0.3) is 0 Å². The van der Waals surface area contributed by atoms with Crippen LogP contribution in [0, 0.1) is 11.3 Å². The minimum atomic E-state index is -0.450. The van der Waals surface area contributed by atoms with E-state index in [2.05, 4.69) is 9.72 Å². The molecule has 1 rings (SSSR count). The average molecular weight is 188 g/mol. The van der Waals surface area contributed by atoms with Crippen molar-refractivity contribution in [3.8, 4) is 6.07 Å². The van der Waals surface area contributed by atoms with Crippen LogP contribution in [0.3, 0.4) is 0 Å². The molecule has 0 spiro atoms. The van der Waals surface area contributed by atoms with E-state index in [1.54, 1.807) is 12.1 Å². The number of hydrogen-bond acceptors (Lipinski definition) is 4. The van der Waals surface area contributed by atoms with Gasteiger partial charge >= 0.3 is 5.97 Å². The first kappa shape index (κ1) is 9.93. The number of nitrogens with zero attached hydrogens (tertiary/aromatic N) is 2. The Bertz CT molecular complexity index is 405. The first-order chi connectivity index (χ1) is 6.76. The van der Waals surface area contributed by atoms with Crippen LogP contribution in [0.2, 0.25) is 0 Å². The lowest BCUT2D eigenvalue weighted by atomic mass is 10.2. The summed E-state index contributed by atoms with van der Waals surface area (Å²) in [5, 5.41) is 8.59. The molecule has 0 aliphatic rings. The van der Waals surface area contributed by atoms with E-state index in [-0.39, 0.29) is 0 Å². The smallest absolute Gasteiger partial charge is 0.330 e. The van der Waals surface area contributed by atoms with Crippen molar-refractivity contribution in [2.24, 2.45) is 0 Å². The van der Waals surface area contributed by atoms with E-state index in [0.29, 0.717) is 11.3 Å². The first-order valence-corrected chi connectivity index (χ1v) is 3.88. The Morgan fingerprint density at radius 1 is 1.71 bits per heavy atom. The summed E-state index contributed by atoms with van der Waals surface area (Å²) in [6, 6.07) is 5.15. The average Bonchev–Trinajstić information content (AvgIpc) is 2.26. The lowest BCUT2D eigenvalue weighted by Crippen LogP contribution is -1.93. The largest absolute Gasteiger partial charge is 0.466 e. The zero-order chi connectivity index (χ0) is 10.4. The summed E-state index contributed by atoms with van der Waals surface area (Å²) in [6.07, 6.45) is 4.26. The number of carbonyl (C=O) groups is 1. The molecular formula is C10H8N2O2. The van der Waals surface area contributed by atoms with E-state index in [0.717, 1.165) is 0 Å². The Morgan fingerprint density at radius 3 is 3.14 bits per heavy atom. The highest BCUT2D eigenvalue weighted by Crippen LogP contribution is 2.02. The number of pyridine rings is 1. The maximum absolute atomic E-state index is 10.7. The first-order valence-electron chi connectivity index (χ1n) is 3.88. The number of aromatic nitrogens is 1. The van der Waals surface area contributed by atoms with Gasteiger partial charge in [-0.2, -0.15) is 5.26 Å². The molecule has 0 amide bonds. The highest BCUT2D eigenvalue weighted by atomic mass is 16.5. The van der Waals surface area contributed by atoms with Crippen LogP contribution >= 0.6 is 0 Å². The molecule has 0 aliphatic heterocycles. The molecule has 0 aliphatic carbocycles. The molecule has 0 saturated carbocycles. The molecule has 0 unspecified atom stereocenters. The van der Waals surface area contributed by atoms with Crippen LogP contribution in [-0.4, -0.2) is 18.1 Å². The lowest BCUT2D eigenvalue weighted by molar-refractivity contribution is -0.134. The standard InChI is InChI=1S/C10H8N2O2/c1-14-10(13)3-2-9-6-8(7-11)4-5-12-9/h2-6H,1H3. The topological polar surface area (TPSA) is 63.0 Å². The molecule has 1 aromatic rings. The summed E-state index contributed by atoms with van der Waals surface area (Å²) in [6.45, 7) is 0. The van der Waals surface area contributed by atoms with E-state index in [1.165, 1.54) is 25.5 Å². The Morgan fingerprint density at radius 2 is 2.50 bits per heavy atom. The second-order valence-corrected chi connectivity index (χ2v) is 2.44. The fourth-order valence-electron chi connectivity index (χ4n) is 0.830. The number of ether oxygens (including phenoxy) is 1. The van der Waals surface area contributed by atoms with Crippen molar-refractivity contribution in [2.45, 2.75) is 0 Å². The SMILES string of the molecule is COC(=O)C=Cc1cc(C#N)ccn1. The molecule has 0 aromatic carbocycles. The van der Waals surface area contributed by atoms with Gasteiger partial charge < -0.3 is 4.74 Å². The van der Waals surface area contributed by atoms with Gasteiger partial charge in [0.15, 0.2) is 0 Å². The number of rotatable bonds is 2. The van der Waals surface area contributed by atoms with E-state index in [4.69, 9.17) is 5.26 Å². The molecular weight excluding hydrogens is 180 g/mol.